The van der Waals surface area contributed by atoms with Crippen LogP contribution in [0.2, 0.25) is 0 Å². The topological polar surface area (TPSA) is 143 Å². The first-order chi connectivity index (χ1) is 3.63. The summed E-state index contributed by atoms with van der Waals surface area (Å²) in [4.78, 5) is 18.8. The van der Waals surface area contributed by atoms with E-state index < -0.39 is 11.9 Å². The molecule has 0 atom stereocenters. The Kier molecular flexibility index (Phi) is 12.0. The van der Waals surface area contributed by atoms with Gasteiger partial charge in [0.1, 0.15) is 0 Å². The molecular formula is C4H6O6-2. The Bertz CT molecular complexity index is 121. The molecule has 0 radical (unpaired) electrons. The van der Waals surface area contributed by atoms with E-state index in [-0.39, 0.29) is 11.0 Å². The monoisotopic (exact) mass is 150 g/mol. The van der Waals surface area contributed by atoms with Crippen LogP contribution in [0.5, 0.6) is 0 Å². The molecule has 10 heavy (non-hydrogen) atoms. The Morgan fingerprint density at radius 2 is 1.10 bits per heavy atom. The van der Waals surface area contributed by atoms with Gasteiger partial charge in [-0.25, -0.2) is 0 Å². The van der Waals surface area contributed by atoms with Crippen molar-refractivity contribution in [3.05, 3.63) is 12.2 Å². The smallest absolute Gasteiger partial charge is 0.0643 e. The van der Waals surface area contributed by atoms with Crippen LogP contribution < -0.4 is 10.2 Å². The normalized spacial score (nSPS) is 7.60. The highest BCUT2D eigenvalue weighted by molar-refractivity contribution is 5.87. The highest BCUT2D eigenvalue weighted by atomic mass is 16.4. The third-order valence-corrected chi connectivity index (χ3v) is 0.355. The standard InChI is InChI=1S/C4H4O4.2H2O/c5-3(6)1-2-4(7)8;;/h1-2H,(H,5,6)(H,7,8);2*1H2/p-2/b2-1+;;. The van der Waals surface area contributed by atoms with Gasteiger partial charge in [0.25, 0.3) is 0 Å². The molecule has 0 heterocycles. The van der Waals surface area contributed by atoms with Gasteiger partial charge >= 0.3 is 0 Å². The molecule has 0 unspecified atom stereocenters. The lowest BCUT2D eigenvalue weighted by molar-refractivity contribution is -0.301. The zero-order valence-corrected chi connectivity index (χ0v) is 4.79. The van der Waals surface area contributed by atoms with Crippen LogP contribution in [0, 0.1) is 0 Å². The predicted octanol–water partition coefficient (Wildman–Crippen LogP) is -4.61. The molecule has 60 valence electrons. The third-order valence-electron chi connectivity index (χ3n) is 0.355. The Morgan fingerprint density at radius 1 is 0.900 bits per heavy atom. The third kappa shape index (κ3) is 16.0. The van der Waals surface area contributed by atoms with E-state index in [0.29, 0.717) is 12.2 Å². The Morgan fingerprint density at radius 3 is 1.20 bits per heavy atom. The molecule has 4 N–H and O–H groups in total. The lowest BCUT2D eigenvalue weighted by atomic mass is 10.5. The number of hydrogen-bond donors (Lipinski definition) is 0. The maximum Gasteiger partial charge on any atom is 0.0643 e. The van der Waals surface area contributed by atoms with Crippen molar-refractivity contribution in [3.63, 3.8) is 0 Å². The number of carboxylic acid groups (broad SMARTS) is 2. The molecule has 0 saturated heterocycles. The molecule has 0 amide bonds. The molecule has 0 bridgehead atoms. The highest BCUT2D eigenvalue weighted by Gasteiger charge is 1.70. The van der Waals surface area contributed by atoms with Gasteiger partial charge in [-0.1, -0.05) is 0 Å². The fourth-order valence-electron chi connectivity index (χ4n) is 0.136. The number of carbonyl (C=O) groups excluding carboxylic acids is 2. The Hall–Kier alpha value is -1.40. The van der Waals surface area contributed by atoms with E-state index in [9.17, 15) is 19.8 Å². The minimum Gasteiger partial charge on any atom is -0.545 e. The van der Waals surface area contributed by atoms with Gasteiger partial charge in [-0.3, -0.25) is 0 Å². The summed E-state index contributed by atoms with van der Waals surface area (Å²) in [5.74, 6) is -3.09. The molecule has 0 saturated carbocycles. The molecular weight excluding hydrogens is 144 g/mol. The largest absolute Gasteiger partial charge is 0.545 e. The zero-order chi connectivity index (χ0) is 6.57. The number of aliphatic carboxylic acids is 2. The maximum atomic E-state index is 9.41. The van der Waals surface area contributed by atoms with E-state index in [1.807, 2.05) is 0 Å². The lowest BCUT2D eigenvalue weighted by Gasteiger charge is -1.90. The van der Waals surface area contributed by atoms with E-state index in [0.717, 1.165) is 0 Å². The van der Waals surface area contributed by atoms with Crippen molar-refractivity contribution >= 4 is 11.9 Å². The summed E-state index contributed by atoms with van der Waals surface area (Å²) >= 11 is 0. The van der Waals surface area contributed by atoms with Gasteiger partial charge in [0.2, 0.25) is 0 Å². The second-order valence-corrected chi connectivity index (χ2v) is 0.971. The fraction of sp³-hybridized carbons (Fsp3) is 0. The summed E-state index contributed by atoms with van der Waals surface area (Å²) in [7, 11) is 0. The molecule has 0 fully saturated rings. The van der Waals surface area contributed by atoms with Gasteiger partial charge in [-0.15, -0.1) is 0 Å². The van der Waals surface area contributed by atoms with Gasteiger partial charge in [0, 0.05) is 0 Å². The van der Waals surface area contributed by atoms with E-state index in [2.05, 4.69) is 0 Å². The summed E-state index contributed by atoms with van der Waals surface area (Å²) in [6.07, 6.45) is 0.769. The van der Waals surface area contributed by atoms with Crippen molar-refractivity contribution in [1.82, 2.24) is 0 Å². The van der Waals surface area contributed by atoms with E-state index in [1.165, 1.54) is 0 Å². The number of carboxylic acids is 2. The summed E-state index contributed by atoms with van der Waals surface area (Å²) in [5.41, 5.74) is 0. The first-order valence-corrected chi connectivity index (χ1v) is 1.73. The van der Waals surface area contributed by atoms with Gasteiger partial charge in [0.05, 0.1) is 11.9 Å². The molecule has 0 aliphatic rings. The van der Waals surface area contributed by atoms with Crippen LogP contribution in [0.4, 0.5) is 0 Å². The molecule has 0 aromatic heterocycles. The molecule has 6 heteroatoms. The number of carbonyl (C=O) groups is 2. The summed E-state index contributed by atoms with van der Waals surface area (Å²) in [6, 6.07) is 0. The second-order valence-electron chi connectivity index (χ2n) is 0.971. The highest BCUT2D eigenvalue weighted by Crippen LogP contribution is 1.64. The van der Waals surface area contributed by atoms with Crippen LogP contribution in [0.15, 0.2) is 12.2 Å². The van der Waals surface area contributed by atoms with Crippen LogP contribution in [0.25, 0.3) is 0 Å². The molecule has 6 nitrogen and oxygen atoms in total. The van der Waals surface area contributed by atoms with Crippen molar-refractivity contribution < 1.29 is 30.8 Å². The van der Waals surface area contributed by atoms with Crippen molar-refractivity contribution in [2.75, 3.05) is 0 Å². The minimum absolute atomic E-state index is 0. The fourth-order valence-corrected chi connectivity index (χ4v) is 0.136. The van der Waals surface area contributed by atoms with Crippen molar-refractivity contribution in [3.8, 4) is 0 Å². The average molecular weight is 150 g/mol. The first-order valence-electron chi connectivity index (χ1n) is 1.73. The molecule has 0 aliphatic heterocycles. The summed E-state index contributed by atoms with van der Waals surface area (Å²) in [5, 5.41) is 18.8. The number of rotatable bonds is 2. The molecule has 0 aliphatic carbocycles. The van der Waals surface area contributed by atoms with Gasteiger partial charge in [0.15, 0.2) is 0 Å². The summed E-state index contributed by atoms with van der Waals surface area (Å²) in [6.45, 7) is 0. The van der Waals surface area contributed by atoms with Gasteiger partial charge in [-0.2, -0.15) is 0 Å². The Labute approximate surface area is 56.0 Å². The maximum absolute atomic E-state index is 9.41. The van der Waals surface area contributed by atoms with Crippen LogP contribution in [0.1, 0.15) is 0 Å². The number of hydrogen-bond acceptors (Lipinski definition) is 4. The van der Waals surface area contributed by atoms with E-state index in [1.54, 1.807) is 0 Å². The first kappa shape index (κ1) is 15.8. The van der Waals surface area contributed by atoms with Gasteiger partial charge in [-0.05, 0) is 12.2 Å². The van der Waals surface area contributed by atoms with Crippen LogP contribution >= 0.6 is 0 Å². The van der Waals surface area contributed by atoms with Crippen LogP contribution in [0.3, 0.4) is 0 Å². The quantitative estimate of drug-likeness (QED) is 0.364. The van der Waals surface area contributed by atoms with Crippen LogP contribution in [-0.2, 0) is 9.59 Å². The summed E-state index contributed by atoms with van der Waals surface area (Å²) < 4.78 is 0. The van der Waals surface area contributed by atoms with Crippen molar-refractivity contribution in [2.24, 2.45) is 0 Å². The van der Waals surface area contributed by atoms with Crippen LogP contribution in [-0.4, -0.2) is 22.9 Å². The lowest BCUT2D eigenvalue weighted by Crippen LogP contribution is -2.23. The Balaban J connectivity index is -0.000000245. The predicted molar refractivity (Wildman–Crippen MR) is 26.4 cm³/mol. The second kappa shape index (κ2) is 7.60. The van der Waals surface area contributed by atoms with E-state index >= 15 is 0 Å². The molecule has 0 aromatic rings. The molecule has 0 rings (SSSR count). The van der Waals surface area contributed by atoms with Crippen molar-refractivity contribution in [2.45, 2.75) is 0 Å². The molecule has 0 spiro atoms. The zero-order valence-electron chi connectivity index (χ0n) is 4.79. The molecule has 0 aromatic carbocycles. The van der Waals surface area contributed by atoms with E-state index in [4.69, 9.17) is 0 Å². The van der Waals surface area contributed by atoms with Gasteiger partial charge < -0.3 is 30.8 Å². The average Bonchev–Trinajstić information content (AvgIpc) is 1.61. The minimum atomic E-state index is -1.55. The SMILES string of the molecule is O.O.O=C([O-])/C=C/C(=O)[O-]. The van der Waals surface area contributed by atoms with Crippen molar-refractivity contribution in [1.29, 1.82) is 0 Å².